The molecule has 0 atom stereocenters. The Kier molecular flexibility index (Phi) is 5.25. The summed E-state index contributed by atoms with van der Waals surface area (Å²) < 4.78 is 16.4. The van der Waals surface area contributed by atoms with Gasteiger partial charge in [0.15, 0.2) is 5.58 Å². The fourth-order valence-electron chi connectivity index (χ4n) is 3.46. The summed E-state index contributed by atoms with van der Waals surface area (Å²) in [6, 6.07) is 13.6. The van der Waals surface area contributed by atoms with Gasteiger partial charge in [-0.3, -0.25) is 4.79 Å². The minimum atomic E-state index is -0.361. The molecule has 2 N–H and O–H groups in total. The quantitative estimate of drug-likeness (QED) is 0.439. The van der Waals surface area contributed by atoms with Crippen LogP contribution >= 0.6 is 0 Å². The minimum Gasteiger partial charge on any atom is -0.507 e. The van der Waals surface area contributed by atoms with Crippen molar-refractivity contribution in [3.8, 4) is 28.7 Å². The summed E-state index contributed by atoms with van der Waals surface area (Å²) in [6.07, 6.45) is 0. The molecule has 7 heteroatoms. The Hall–Kier alpha value is -4.00. The number of carbonyl (C=O) groups is 1. The summed E-state index contributed by atoms with van der Waals surface area (Å²) in [5.74, 6) is 0.892. The number of nitrogens with one attached hydrogen (secondary N) is 1. The highest BCUT2D eigenvalue weighted by Gasteiger charge is 2.17. The molecule has 0 aliphatic carbocycles. The van der Waals surface area contributed by atoms with Crippen LogP contribution in [0.2, 0.25) is 0 Å². The normalized spacial score (nSPS) is 10.8. The topological polar surface area (TPSA) is 93.8 Å². The molecular weight excluding hydrogens is 396 g/mol. The number of hydrogen-bond donors (Lipinski definition) is 2. The number of fused-ring (bicyclic) bond motifs is 1. The highest BCUT2D eigenvalue weighted by atomic mass is 16.5. The third-order valence-electron chi connectivity index (χ3n) is 4.96. The number of nitrogens with zero attached hydrogens (tertiary/aromatic N) is 1. The van der Waals surface area contributed by atoms with E-state index in [9.17, 15) is 9.90 Å². The molecule has 0 unspecified atom stereocenters. The van der Waals surface area contributed by atoms with Crippen LogP contribution in [0.5, 0.6) is 17.2 Å². The van der Waals surface area contributed by atoms with Crippen LogP contribution in [0.3, 0.4) is 0 Å². The molecule has 0 saturated heterocycles. The molecule has 0 fully saturated rings. The zero-order valence-corrected chi connectivity index (χ0v) is 17.6. The van der Waals surface area contributed by atoms with E-state index in [0.29, 0.717) is 39.4 Å². The Bertz CT molecular complexity index is 1290. The van der Waals surface area contributed by atoms with Crippen LogP contribution in [0.1, 0.15) is 21.5 Å². The number of rotatable bonds is 5. The summed E-state index contributed by atoms with van der Waals surface area (Å²) >= 11 is 0. The van der Waals surface area contributed by atoms with Crippen LogP contribution < -0.4 is 14.8 Å². The van der Waals surface area contributed by atoms with E-state index in [2.05, 4.69) is 10.3 Å². The summed E-state index contributed by atoms with van der Waals surface area (Å²) in [5.41, 5.74) is 4.62. The van der Waals surface area contributed by atoms with Gasteiger partial charge in [-0.25, -0.2) is 4.98 Å². The van der Waals surface area contributed by atoms with Gasteiger partial charge in [0, 0.05) is 11.8 Å². The molecule has 0 aliphatic rings. The number of benzene rings is 3. The molecule has 4 rings (SSSR count). The van der Waals surface area contributed by atoms with Gasteiger partial charge in [-0.2, -0.15) is 0 Å². The van der Waals surface area contributed by atoms with E-state index in [0.717, 1.165) is 11.1 Å². The number of aromatic nitrogens is 1. The first-order valence-corrected chi connectivity index (χ1v) is 9.64. The van der Waals surface area contributed by atoms with Gasteiger partial charge in [0.2, 0.25) is 5.89 Å². The van der Waals surface area contributed by atoms with Crippen LogP contribution in [-0.2, 0) is 0 Å². The molecule has 31 heavy (non-hydrogen) atoms. The summed E-state index contributed by atoms with van der Waals surface area (Å²) in [7, 11) is 3.03. The van der Waals surface area contributed by atoms with E-state index < -0.39 is 0 Å². The molecule has 158 valence electrons. The lowest BCUT2D eigenvalue weighted by Crippen LogP contribution is -2.13. The van der Waals surface area contributed by atoms with Crippen molar-refractivity contribution in [1.29, 1.82) is 0 Å². The zero-order valence-electron chi connectivity index (χ0n) is 17.6. The van der Waals surface area contributed by atoms with Crippen molar-refractivity contribution in [2.24, 2.45) is 0 Å². The third-order valence-corrected chi connectivity index (χ3v) is 4.96. The number of anilines is 1. The van der Waals surface area contributed by atoms with Gasteiger partial charge in [0.1, 0.15) is 22.8 Å². The third kappa shape index (κ3) is 3.90. The number of oxazole rings is 1. The maximum atomic E-state index is 12.8. The number of phenols is 1. The van der Waals surface area contributed by atoms with Crippen LogP contribution in [0.15, 0.2) is 52.9 Å². The van der Waals surface area contributed by atoms with Crippen LogP contribution in [-0.4, -0.2) is 30.2 Å². The Labute approximate surface area is 179 Å². The highest BCUT2D eigenvalue weighted by Crippen LogP contribution is 2.35. The minimum absolute atomic E-state index is 0.000887. The molecule has 7 nitrogen and oxygen atoms in total. The largest absolute Gasteiger partial charge is 0.507 e. The first kappa shape index (κ1) is 20.3. The molecule has 0 spiro atoms. The zero-order chi connectivity index (χ0) is 22.1. The Morgan fingerprint density at radius 2 is 1.84 bits per heavy atom. The van der Waals surface area contributed by atoms with Crippen molar-refractivity contribution in [2.45, 2.75) is 13.8 Å². The number of hydrogen-bond acceptors (Lipinski definition) is 6. The second-order valence-electron chi connectivity index (χ2n) is 7.20. The SMILES string of the molecule is COc1ccc(C(=O)Nc2ccc(O)c(-c3nc4cc(C)cc(C)c4o3)c2)c(OC)c1. The van der Waals surface area contributed by atoms with Gasteiger partial charge in [-0.1, -0.05) is 6.07 Å². The fraction of sp³-hybridized carbons (Fsp3) is 0.167. The van der Waals surface area contributed by atoms with Gasteiger partial charge in [-0.05, 0) is 61.4 Å². The van der Waals surface area contributed by atoms with Crippen LogP contribution in [0.25, 0.3) is 22.6 Å². The number of aromatic hydroxyl groups is 1. The van der Waals surface area contributed by atoms with E-state index >= 15 is 0 Å². The van der Waals surface area contributed by atoms with E-state index in [4.69, 9.17) is 13.9 Å². The van der Waals surface area contributed by atoms with E-state index in [1.165, 1.54) is 13.2 Å². The van der Waals surface area contributed by atoms with Gasteiger partial charge in [-0.15, -0.1) is 0 Å². The van der Waals surface area contributed by atoms with Gasteiger partial charge in [0.05, 0.1) is 25.3 Å². The lowest BCUT2D eigenvalue weighted by atomic mass is 10.1. The van der Waals surface area contributed by atoms with Crippen LogP contribution in [0.4, 0.5) is 5.69 Å². The van der Waals surface area contributed by atoms with E-state index in [1.54, 1.807) is 37.4 Å². The van der Waals surface area contributed by atoms with Crippen molar-refractivity contribution in [2.75, 3.05) is 19.5 Å². The highest BCUT2D eigenvalue weighted by molar-refractivity contribution is 6.06. The summed E-state index contributed by atoms with van der Waals surface area (Å²) in [4.78, 5) is 17.3. The van der Waals surface area contributed by atoms with Crippen molar-refractivity contribution in [1.82, 2.24) is 4.98 Å². The molecule has 1 heterocycles. The lowest BCUT2D eigenvalue weighted by molar-refractivity contribution is 0.102. The molecular formula is C24H22N2O5. The molecule has 3 aromatic carbocycles. The molecule has 0 saturated carbocycles. The van der Waals surface area contributed by atoms with Crippen molar-refractivity contribution >= 4 is 22.7 Å². The number of methoxy groups -OCH3 is 2. The maximum Gasteiger partial charge on any atom is 0.259 e. The number of aryl methyl sites for hydroxylation is 2. The monoisotopic (exact) mass is 418 g/mol. The van der Waals surface area contributed by atoms with Crippen molar-refractivity contribution in [3.63, 3.8) is 0 Å². The standard InChI is InChI=1S/C24H22N2O5/c1-13-9-14(2)22-19(10-13)26-24(31-22)18-11-15(5-8-20(18)27)25-23(28)17-7-6-16(29-3)12-21(17)30-4/h5-12,27H,1-4H3,(H,25,28). The fourth-order valence-corrected chi connectivity index (χ4v) is 3.46. The van der Waals surface area contributed by atoms with Gasteiger partial charge < -0.3 is 24.3 Å². The Morgan fingerprint density at radius 3 is 2.58 bits per heavy atom. The molecule has 0 bridgehead atoms. The number of ether oxygens (including phenoxy) is 2. The molecule has 0 radical (unpaired) electrons. The van der Waals surface area contributed by atoms with Crippen molar-refractivity contribution < 1.29 is 23.8 Å². The van der Waals surface area contributed by atoms with Crippen molar-refractivity contribution in [3.05, 3.63) is 65.2 Å². The van der Waals surface area contributed by atoms with Gasteiger partial charge in [0.25, 0.3) is 5.91 Å². The average Bonchev–Trinajstić information content (AvgIpc) is 3.18. The first-order chi connectivity index (χ1) is 14.9. The molecule has 4 aromatic rings. The van der Waals surface area contributed by atoms with E-state index in [-0.39, 0.29) is 17.5 Å². The second-order valence-corrected chi connectivity index (χ2v) is 7.20. The summed E-state index contributed by atoms with van der Waals surface area (Å²) in [6.45, 7) is 3.94. The second kappa shape index (κ2) is 8.02. The average molecular weight is 418 g/mol. The summed E-state index contributed by atoms with van der Waals surface area (Å²) in [5, 5.41) is 13.2. The Morgan fingerprint density at radius 1 is 1.03 bits per heavy atom. The molecule has 1 amide bonds. The molecule has 0 aliphatic heterocycles. The maximum absolute atomic E-state index is 12.8. The smallest absolute Gasteiger partial charge is 0.259 e. The predicted octanol–water partition coefficient (Wildman–Crippen LogP) is 5.09. The Balaban J connectivity index is 1.67. The number of amides is 1. The number of carbonyl (C=O) groups excluding carboxylic acids is 1. The molecule has 1 aromatic heterocycles. The lowest BCUT2D eigenvalue weighted by Gasteiger charge is -2.11. The number of phenolic OH excluding ortho intramolecular Hbond substituents is 1. The first-order valence-electron chi connectivity index (χ1n) is 9.64. The van der Waals surface area contributed by atoms with Crippen LogP contribution in [0, 0.1) is 13.8 Å². The predicted molar refractivity (Wildman–Crippen MR) is 118 cm³/mol. The van der Waals surface area contributed by atoms with Gasteiger partial charge >= 0.3 is 0 Å². The van der Waals surface area contributed by atoms with E-state index in [1.807, 2.05) is 26.0 Å².